The van der Waals surface area contributed by atoms with Crippen molar-refractivity contribution >= 4 is 17.7 Å². The van der Waals surface area contributed by atoms with Gasteiger partial charge in [-0.2, -0.15) is 0 Å². The number of hydrogen-bond acceptors (Lipinski definition) is 6. The molecule has 0 fully saturated rings. The molecule has 0 unspecified atom stereocenters. The summed E-state index contributed by atoms with van der Waals surface area (Å²) in [5, 5.41) is 5.78. The minimum absolute atomic E-state index is 0.109. The van der Waals surface area contributed by atoms with Crippen LogP contribution in [0.2, 0.25) is 0 Å². The van der Waals surface area contributed by atoms with E-state index in [1.54, 1.807) is 45.3 Å². The first-order valence-electron chi connectivity index (χ1n) is 8.96. The van der Waals surface area contributed by atoms with E-state index < -0.39 is 11.7 Å². The lowest BCUT2D eigenvalue weighted by atomic mass is 10.1. The number of nitrogens with zero attached hydrogens (tertiary/aromatic N) is 1. The maximum atomic E-state index is 12.4. The number of pyridine rings is 1. The molecule has 8 nitrogen and oxygen atoms in total. The number of hydroxylamine groups is 1. The third-order valence-electron chi connectivity index (χ3n) is 3.44. The minimum atomic E-state index is -0.563. The number of rotatable bonds is 8. The molecule has 28 heavy (non-hydrogen) atoms. The summed E-state index contributed by atoms with van der Waals surface area (Å²) in [7, 11) is 0. The summed E-state index contributed by atoms with van der Waals surface area (Å²) in [6.07, 6.45) is 2.90. The number of anilines is 1. The molecular weight excluding hydrogens is 360 g/mol. The molecule has 2 rings (SSSR count). The number of aromatic nitrogens is 1. The van der Waals surface area contributed by atoms with Crippen LogP contribution in [0, 0.1) is 0 Å². The summed E-state index contributed by atoms with van der Waals surface area (Å²) in [6.45, 7) is 6.22. The molecule has 0 saturated heterocycles. The van der Waals surface area contributed by atoms with Gasteiger partial charge in [-0.05, 0) is 50.6 Å². The van der Waals surface area contributed by atoms with E-state index in [0.29, 0.717) is 17.8 Å². The molecule has 150 valence electrons. The minimum Gasteiger partial charge on any atom is -0.444 e. The van der Waals surface area contributed by atoms with Crippen molar-refractivity contribution in [2.75, 3.05) is 18.5 Å². The summed E-state index contributed by atoms with van der Waals surface area (Å²) in [6, 6.07) is 10.9. The summed E-state index contributed by atoms with van der Waals surface area (Å²) in [5.74, 6) is -0.380. The monoisotopic (exact) mass is 386 g/mol. The number of benzene rings is 1. The molecule has 0 spiro atoms. The molecule has 0 bridgehead atoms. The number of alkyl carbamates (subject to hydrolysis) is 1. The Bertz CT molecular complexity index is 775. The predicted molar refractivity (Wildman–Crippen MR) is 106 cm³/mol. The average molecular weight is 386 g/mol. The Morgan fingerprint density at radius 3 is 2.50 bits per heavy atom. The molecule has 1 aromatic carbocycles. The summed E-state index contributed by atoms with van der Waals surface area (Å²) in [4.78, 5) is 33.0. The van der Waals surface area contributed by atoms with Gasteiger partial charge in [-0.25, -0.2) is 10.3 Å². The SMILES string of the molecule is CC(C)(C)OC(=O)NCCONC(=O)c1ccccc1NCc1ccncc1. The maximum absolute atomic E-state index is 12.4. The number of ether oxygens (including phenoxy) is 1. The lowest BCUT2D eigenvalue weighted by molar-refractivity contribution is 0.0284. The molecule has 0 radical (unpaired) electrons. The lowest BCUT2D eigenvalue weighted by Gasteiger charge is -2.19. The molecule has 0 aliphatic heterocycles. The van der Waals surface area contributed by atoms with Crippen LogP contribution in [0.15, 0.2) is 48.8 Å². The fourth-order valence-corrected chi connectivity index (χ4v) is 2.22. The highest BCUT2D eigenvalue weighted by Gasteiger charge is 2.15. The molecule has 2 amide bonds. The van der Waals surface area contributed by atoms with E-state index in [4.69, 9.17) is 9.57 Å². The molecule has 0 aliphatic carbocycles. The smallest absolute Gasteiger partial charge is 0.407 e. The van der Waals surface area contributed by atoms with Crippen LogP contribution in [0.1, 0.15) is 36.7 Å². The van der Waals surface area contributed by atoms with E-state index >= 15 is 0 Å². The van der Waals surface area contributed by atoms with Crippen molar-refractivity contribution in [2.24, 2.45) is 0 Å². The zero-order chi connectivity index (χ0) is 20.4. The molecule has 1 aromatic heterocycles. The standard InChI is InChI=1S/C20H26N4O4/c1-20(2,3)28-19(26)22-12-13-27-24-18(25)16-6-4-5-7-17(16)23-14-15-8-10-21-11-9-15/h4-11,23H,12-14H2,1-3H3,(H,22,26)(H,24,25). The quantitative estimate of drug-likeness (QED) is 0.476. The number of carbonyl (C=O) groups excluding carboxylic acids is 2. The van der Waals surface area contributed by atoms with Crippen LogP contribution in [-0.2, 0) is 16.1 Å². The number of para-hydroxylation sites is 1. The maximum Gasteiger partial charge on any atom is 0.407 e. The second kappa shape index (κ2) is 10.3. The Morgan fingerprint density at radius 2 is 1.79 bits per heavy atom. The van der Waals surface area contributed by atoms with Crippen molar-refractivity contribution in [1.82, 2.24) is 15.8 Å². The van der Waals surface area contributed by atoms with Crippen molar-refractivity contribution in [2.45, 2.75) is 32.9 Å². The van der Waals surface area contributed by atoms with Crippen molar-refractivity contribution in [1.29, 1.82) is 0 Å². The molecule has 0 atom stereocenters. The first kappa shape index (κ1) is 21.2. The van der Waals surface area contributed by atoms with Crippen molar-refractivity contribution in [3.63, 3.8) is 0 Å². The number of amides is 2. The van der Waals surface area contributed by atoms with Crippen LogP contribution in [0.25, 0.3) is 0 Å². The first-order chi connectivity index (χ1) is 13.3. The highest BCUT2D eigenvalue weighted by molar-refractivity contribution is 5.98. The Hall–Kier alpha value is -3.13. The molecule has 0 aliphatic rings. The van der Waals surface area contributed by atoms with Gasteiger partial charge in [-0.3, -0.25) is 14.6 Å². The van der Waals surface area contributed by atoms with Gasteiger partial charge < -0.3 is 15.4 Å². The average Bonchev–Trinajstić information content (AvgIpc) is 2.65. The van der Waals surface area contributed by atoms with E-state index in [1.807, 2.05) is 24.3 Å². The summed E-state index contributed by atoms with van der Waals surface area (Å²) < 4.78 is 5.11. The normalized spacial score (nSPS) is 10.8. The summed E-state index contributed by atoms with van der Waals surface area (Å²) >= 11 is 0. The van der Waals surface area contributed by atoms with Crippen LogP contribution in [0.4, 0.5) is 10.5 Å². The zero-order valence-electron chi connectivity index (χ0n) is 16.3. The van der Waals surface area contributed by atoms with Gasteiger partial charge in [0.15, 0.2) is 0 Å². The van der Waals surface area contributed by atoms with Gasteiger partial charge in [-0.1, -0.05) is 12.1 Å². The zero-order valence-corrected chi connectivity index (χ0v) is 16.3. The highest BCUT2D eigenvalue weighted by Crippen LogP contribution is 2.16. The Kier molecular flexibility index (Phi) is 7.76. The second-order valence-electron chi connectivity index (χ2n) is 6.96. The van der Waals surface area contributed by atoms with Crippen molar-refractivity contribution in [3.05, 3.63) is 59.9 Å². The largest absolute Gasteiger partial charge is 0.444 e. The number of carbonyl (C=O) groups is 2. The molecule has 1 heterocycles. The summed E-state index contributed by atoms with van der Waals surface area (Å²) in [5.41, 5.74) is 4.01. The van der Waals surface area contributed by atoms with Gasteiger partial charge in [-0.15, -0.1) is 0 Å². The van der Waals surface area contributed by atoms with E-state index in [1.165, 1.54) is 0 Å². The van der Waals surface area contributed by atoms with Gasteiger partial charge in [0.25, 0.3) is 5.91 Å². The number of hydrogen-bond donors (Lipinski definition) is 3. The molecular formula is C20H26N4O4. The molecule has 2 aromatic rings. The van der Waals surface area contributed by atoms with E-state index in [0.717, 1.165) is 5.56 Å². The van der Waals surface area contributed by atoms with Crippen LogP contribution in [0.5, 0.6) is 0 Å². The highest BCUT2D eigenvalue weighted by atomic mass is 16.7. The van der Waals surface area contributed by atoms with E-state index in [-0.39, 0.29) is 19.1 Å². The third kappa shape index (κ3) is 7.63. The third-order valence-corrected chi connectivity index (χ3v) is 3.44. The lowest BCUT2D eigenvalue weighted by Crippen LogP contribution is -2.35. The van der Waals surface area contributed by atoms with Gasteiger partial charge >= 0.3 is 6.09 Å². The first-order valence-corrected chi connectivity index (χ1v) is 8.96. The molecule has 8 heteroatoms. The fourth-order valence-electron chi connectivity index (χ4n) is 2.22. The van der Waals surface area contributed by atoms with E-state index in [9.17, 15) is 9.59 Å². The van der Waals surface area contributed by atoms with Gasteiger partial charge in [0.05, 0.1) is 12.2 Å². The van der Waals surface area contributed by atoms with Crippen LogP contribution in [0.3, 0.4) is 0 Å². The van der Waals surface area contributed by atoms with Crippen molar-refractivity contribution < 1.29 is 19.2 Å². The second-order valence-corrected chi connectivity index (χ2v) is 6.96. The van der Waals surface area contributed by atoms with Crippen LogP contribution >= 0.6 is 0 Å². The molecule has 3 N–H and O–H groups in total. The van der Waals surface area contributed by atoms with Gasteiger partial charge in [0.1, 0.15) is 5.60 Å². The van der Waals surface area contributed by atoms with Crippen LogP contribution < -0.4 is 16.1 Å². The Balaban J connectivity index is 1.77. The Morgan fingerprint density at radius 1 is 1.07 bits per heavy atom. The van der Waals surface area contributed by atoms with Gasteiger partial charge in [0, 0.05) is 31.2 Å². The van der Waals surface area contributed by atoms with Crippen molar-refractivity contribution in [3.8, 4) is 0 Å². The Labute approximate surface area is 164 Å². The predicted octanol–water partition coefficient (Wildman–Crippen LogP) is 2.88. The number of nitrogens with one attached hydrogen (secondary N) is 3. The molecule has 0 saturated carbocycles. The fraction of sp³-hybridized carbons (Fsp3) is 0.350. The van der Waals surface area contributed by atoms with Gasteiger partial charge in [0.2, 0.25) is 0 Å². The topological polar surface area (TPSA) is 102 Å². The van der Waals surface area contributed by atoms with E-state index in [2.05, 4.69) is 21.1 Å². The van der Waals surface area contributed by atoms with Crippen LogP contribution in [-0.4, -0.2) is 35.7 Å².